The van der Waals surface area contributed by atoms with Crippen LogP contribution in [0.5, 0.6) is 11.5 Å². The molecule has 78 valence electrons. The molecule has 0 saturated carbocycles. The summed E-state index contributed by atoms with van der Waals surface area (Å²) >= 11 is 0. The Morgan fingerprint density at radius 1 is 1.50 bits per heavy atom. The first kappa shape index (κ1) is 10.9. The Bertz CT molecular complexity index is 297. The van der Waals surface area contributed by atoms with Crippen molar-refractivity contribution in [2.24, 2.45) is 5.73 Å². The minimum atomic E-state index is 0.163. The summed E-state index contributed by atoms with van der Waals surface area (Å²) in [7, 11) is 1.58. The van der Waals surface area contributed by atoms with E-state index in [9.17, 15) is 5.11 Å². The Morgan fingerprint density at radius 2 is 2.21 bits per heavy atom. The number of phenolic OH excluding ortho intramolecular Hbond substituents is 1. The molecule has 0 fully saturated rings. The Labute approximate surface area is 84.5 Å². The monoisotopic (exact) mass is 195 g/mol. The second kappa shape index (κ2) is 4.86. The number of phenols is 1. The van der Waals surface area contributed by atoms with Gasteiger partial charge in [-0.3, -0.25) is 0 Å². The van der Waals surface area contributed by atoms with Crippen molar-refractivity contribution in [1.82, 2.24) is 0 Å². The maximum Gasteiger partial charge on any atom is 0.122 e. The summed E-state index contributed by atoms with van der Waals surface area (Å²) in [6, 6.07) is 5.50. The van der Waals surface area contributed by atoms with Crippen LogP contribution < -0.4 is 10.5 Å². The van der Waals surface area contributed by atoms with Crippen LogP contribution in [0.15, 0.2) is 18.2 Å². The lowest BCUT2D eigenvalue weighted by Gasteiger charge is -2.08. The molecule has 0 heterocycles. The number of benzene rings is 1. The first-order valence-electron chi connectivity index (χ1n) is 4.75. The average Bonchev–Trinajstić information content (AvgIpc) is 2.15. The summed E-state index contributed by atoms with van der Waals surface area (Å²) in [4.78, 5) is 0. The highest BCUT2D eigenvalue weighted by Gasteiger charge is 2.03. The normalized spacial score (nSPS) is 12.5. The fourth-order valence-corrected chi connectivity index (χ4v) is 1.27. The van der Waals surface area contributed by atoms with Crippen LogP contribution in [0.2, 0.25) is 0 Å². The number of rotatable bonds is 4. The van der Waals surface area contributed by atoms with Crippen LogP contribution in [-0.4, -0.2) is 18.3 Å². The third-order valence-corrected chi connectivity index (χ3v) is 2.16. The zero-order valence-electron chi connectivity index (χ0n) is 8.66. The maximum absolute atomic E-state index is 9.61. The second-order valence-corrected chi connectivity index (χ2v) is 3.51. The standard InChI is InChI=1S/C11H17NO2/c1-8(12)3-4-9-5-6-10(14-2)7-11(9)13/h5-8,13H,3-4,12H2,1-2H3/t8-/m1/s1. The Morgan fingerprint density at radius 3 is 2.71 bits per heavy atom. The van der Waals surface area contributed by atoms with Gasteiger partial charge < -0.3 is 15.6 Å². The van der Waals surface area contributed by atoms with E-state index in [0.29, 0.717) is 5.75 Å². The van der Waals surface area contributed by atoms with Gasteiger partial charge in [-0.25, -0.2) is 0 Å². The SMILES string of the molecule is COc1ccc(CC[C@@H](C)N)c(O)c1. The van der Waals surface area contributed by atoms with Crippen LogP contribution in [0.25, 0.3) is 0 Å². The number of hydrogen-bond acceptors (Lipinski definition) is 3. The third-order valence-electron chi connectivity index (χ3n) is 2.16. The summed E-state index contributed by atoms with van der Waals surface area (Å²) < 4.78 is 4.99. The van der Waals surface area contributed by atoms with Gasteiger partial charge in [0.15, 0.2) is 0 Å². The highest BCUT2D eigenvalue weighted by molar-refractivity contribution is 5.39. The van der Waals surface area contributed by atoms with E-state index in [1.165, 1.54) is 0 Å². The molecule has 0 saturated heterocycles. The lowest BCUT2D eigenvalue weighted by molar-refractivity contribution is 0.406. The molecule has 0 aliphatic heterocycles. The lowest BCUT2D eigenvalue weighted by Crippen LogP contribution is -2.15. The number of hydrogen-bond donors (Lipinski definition) is 2. The summed E-state index contributed by atoms with van der Waals surface area (Å²) in [5, 5.41) is 9.61. The van der Waals surface area contributed by atoms with Crippen molar-refractivity contribution >= 4 is 0 Å². The summed E-state index contributed by atoms with van der Waals surface area (Å²) in [5.74, 6) is 0.956. The quantitative estimate of drug-likeness (QED) is 0.768. The topological polar surface area (TPSA) is 55.5 Å². The molecule has 3 heteroatoms. The predicted octanol–water partition coefficient (Wildman–Crippen LogP) is 1.68. The first-order chi connectivity index (χ1) is 6.63. The van der Waals surface area contributed by atoms with Gasteiger partial charge in [0.05, 0.1) is 7.11 Å². The summed E-state index contributed by atoms with van der Waals surface area (Å²) in [6.45, 7) is 1.96. The molecule has 1 aromatic carbocycles. The fourth-order valence-electron chi connectivity index (χ4n) is 1.27. The van der Waals surface area contributed by atoms with Crippen LogP contribution in [0, 0.1) is 0 Å². The van der Waals surface area contributed by atoms with Gasteiger partial charge in [0.2, 0.25) is 0 Å². The number of methoxy groups -OCH3 is 1. The zero-order chi connectivity index (χ0) is 10.6. The number of ether oxygens (including phenoxy) is 1. The molecule has 1 rings (SSSR count). The van der Waals surface area contributed by atoms with Crippen molar-refractivity contribution in [3.05, 3.63) is 23.8 Å². The van der Waals surface area contributed by atoms with E-state index >= 15 is 0 Å². The maximum atomic E-state index is 9.61. The Hall–Kier alpha value is -1.22. The zero-order valence-corrected chi connectivity index (χ0v) is 8.66. The average molecular weight is 195 g/mol. The summed E-state index contributed by atoms with van der Waals surface area (Å²) in [5.41, 5.74) is 6.56. The van der Waals surface area contributed by atoms with Crippen LogP contribution >= 0.6 is 0 Å². The third kappa shape index (κ3) is 2.92. The van der Waals surface area contributed by atoms with Gasteiger partial charge >= 0.3 is 0 Å². The molecule has 3 nitrogen and oxygen atoms in total. The minimum Gasteiger partial charge on any atom is -0.508 e. The Kier molecular flexibility index (Phi) is 3.77. The van der Waals surface area contributed by atoms with Crippen molar-refractivity contribution in [2.75, 3.05) is 7.11 Å². The molecule has 14 heavy (non-hydrogen) atoms. The van der Waals surface area contributed by atoms with E-state index in [0.717, 1.165) is 18.4 Å². The molecule has 0 amide bonds. The Balaban J connectivity index is 2.69. The van der Waals surface area contributed by atoms with Gasteiger partial charge in [-0.2, -0.15) is 0 Å². The molecule has 0 unspecified atom stereocenters. The van der Waals surface area contributed by atoms with Crippen LogP contribution in [-0.2, 0) is 6.42 Å². The van der Waals surface area contributed by atoms with Crippen LogP contribution in [0.3, 0.4) is 0 Å². The lowest BCUT2D eigenvalue weighted by atomic mass is 10.1. The molecule has 0 bridgehead atoms. The van der Waals surface area contributed by atoms with E-state index in [1.807, 2.05) is 19.1 Å². The van der Waals surface area contributed by atoms with E-state index in [2.05, 4.69) is 0 Å². The molecule has 1 aromatic rings. The molecule has 1 atom stereocenters. The second-order valence-electron chi connectivity index (χ2n) is 3.51. The molecule has 0 radical (unpaired) electrons. The highest BCUT2D eigenvalue weighted by atomic mass is 16.5. The van der Waals surface area contributed by atoms with Gasteiger partial charge in [0, 0.05) is 12.1 Å². The first-order valence-corrected chi connectivity index (χ1v) is 4.75. The van der Waals surface area contributed by atoms with Crippen molar-refractivity contribution in [1.29, 1.82) is 0 Å². The van der Waals surface area contributed by atoms with Gasteiger partial charge in [0.1, 0.15) is 11.5 Å². The van der Waals surface area contributed by atoms with E-state index in [1.54, 1.807) is 13.2 Å². The largest absolute Gasteiger partial charge is 0.508 e. The minimum absolute atomic E-state index is 0.163. The highest BCUT2D eigenvalue weighted by Crippen LogP contribution is 2.24. The molecular weight excluding hydrogens is 178 g/mol. The summed E-state index contributed by atoms with van der Waals surface area (Å²) in [6.07, 6.45) is 1.67. The molecule has 3 N–H and O–H groups in total. The molecule has 0 aromatic heterocycles. The molecule has 0 spiro atoms. The van der Waals surface area contributed by atoms with Gasteiger partial charge in [-0.05, 0) is 31.4 Å². The van der Waals surface area contributed by atoms with Crippen molar-refractivity contribution < 1.29 is 9.84 Å². The van der Waals surface area contributed by atoms with E-state index < -0.39 is 0 Å². The van der Waals surface area contributed by atoms with E-state index in [4.69, 9.17) is 10.5 Å². The smallest absolute Gasteiger partial charge is 0.122 e. The van der Waals surface area contributed by atoms with Gasteiger partial charge in [-0.1, -0.05) is 6.07 Å². The fraction of sp³-hybridized carbons (Fsp3) is 0.455. The molecule has 0 aliphatic carbocycles. The molecular formula is C11H17NO2. The predicted molar refractivity (Wildman–Crippen MR) is 56.6 cm³/mol. The van der Waals surface area contributed by atoms with Crippen molar-refractivity contribution in [2.45, 2.75) is 25.8 Å². The molecule has 0 aliphatic rings. The van der Waals surface area contributed by atoms with Gasteiger partial charge in [0.25, 0.3) is 0 Å². The van der Waals surface area contributed by atoms with Crippen LogP contribution in [0.1, 0.15) is 18.9 Å². The number of aryl methyl sites for hydroxylation is 1. The van der Waals surface area contributed by atoms with Gasteiger partial charge in [-0.15, -0.1) is 0 Å². The van der Waals surface area contributed by atoms with E-state index in [-0.39, 0.29) is 11.8 Å². The number of aromatic hydroxyl groups is 1. The van der Waals surface area contributed by atoms with Crippen molar-refractivity contribution in [3.8, 4) is 11.5 Å². The number of nitrogens with two attached hydrogens (primary N) is 1. The van der Waals surface area contributed by atoms with Crippen molar-refractivity contribution in [3.63, 3.8) is 0 Å². The van der Waals surface area contributed by atoms with Crippen LogP contribution in [0.4, 0.5) is 0 Å².